The average molecular weight is 291 g/mol. The standard InChI is InChI=1S/C18H33N3/c1-7-15(4)18(19-6)17(8-2)16(5)11-10-12-21-14-13-20-9-3/h9,12-14,16-17,19H,7-8,10-11H2,1-6H3/b14-13-,18-15-,20-9?,21-12?/t16-,17-/m0/s1. The molecular formula is C18H33N3. The minimum Gasteiger partial charge on any atom is -0.391 e. The first-order valence-corrected chi connectivity index (χ1v) is 8.14. The highest BCUT2D eigenvalue weighted by Crippen LogP contribution is 2.28. The van der Waals surface area contributed by atoms with Crippen molar-refractivity contribution in [2.24, 2.45) is 21.8 Å². The van der Waals surface area contributed by atoms with Crippen molar-refractivity contribution in [3.8, 4) is 0 Å². The highest BCUT2D eigenvalue weighted by atomic mass is 14.8. The Labute approximate surface area is 131 Å². The maximum absolute atomic E-state index is 4.24. The second-order valence-corrected chi connectivity index (χ2v) is 5.40. The van der Waals surface area contributed by atoms with E-state index in [1.54, 1.807) is 18.6 Å². The Morgan fingerprint density at radius 3 is 2.38 bits per heavy atom. The van der Waals surface area contributed by atoms with E-state index < -0.39 is 0 Å². The lowest BCUT2D eigenvalue weighted by atomic mass is 9.83. The van der Waals surface area contributed by atoms with Gasteiger partial charge in [0.05, 0.1) is 0 Å². The SMILES string of the molecule is CC=N/C=C\N=CCC[C@H](C)[C@H](CC)/C(NC)=C(\C)CC. The van der Waals surface area contributed by atoms with Crippen molar-refractivity contribution in [2.45, 2.75) is 60.3 Å². The Morgan fingerprint density at radius 2 is 1.86 bits per heavy atom. The molecule has 0 aliphatic rings. The molecule has 0 bridgehead atoms. The van der Waals surface area contributed by atoms with Crippen LogP contribution in [0.15, 0.2) is 33.7 Å². The van der Waals surface area contributed by atoms with Gasteiger partial charge in [-0.3, -0.25) is 9.98 Å². The van der Waals surface area contributed by atoms with E-state index in [-0.39, 0.29) is 0 Å². The zero-order chi connectivity index (χ0) is 16.1. The fraction of sp³-hybridized carbons (Fsp3) is 0.667. The molecule has 0 heterocycles. The highest BCUT2D eigenvalue weighted by Gasteiger charge is 2.20. The first-order valence-electron chi connectivity index (χ1n) is 8.14. The van der Waals surface area contributed by atoms with Gasteiger partial charge in [-0.15, -0.1) is 0 Å². The average Bonchev–Trinajstić information content (AvgIpc) is 2.50. The van der Waals surface area contributed by atoms with Gasteiger partial charge < -0.3 is 5.32 Å². The van der Waals surface area contributed by atoms with E-state index in [4.69, 9.17) is 0 Å². The number of nitrogens with one attached hydrogen (secondary N) is 1. The number of rotatable bonds is 10. The third-order valence-electron chi connectivity index (χ3n) is 4.00. The summed E-state index contributed by atoms with van der Waals surface area (Å²) in [4.78, 5) is 8.21. The maximum atomic E-state index is 4.24. The van der Waals surface area contributed by atoms with Gasteiger partial charge in [0.15, 0.2) is 0 Å². The van der Waals surface area contributed by atoms with Crippen molar-refractivity contribution in [3.05, 3.63) is 23.7 Å². The first-order chi connectivity index (χ1) is 10.1. The van der Waals surface area contributed by atoms with Gasteiger partial charge >= 0.3 is 0 Å². The van der Waals surface area contributed by atoms with Crippen molar-refractivity contribution in [1.82, 2.24) is 5.32 Å². The summed E-state index contributed by atoms with van der Waals surface area (Å²) in [5, 5.41) is 3.43. The number of hydrogen-bond donors (Lipinski definition) is 1. The quantitative estimate of drug-likeness (QED) is 0.567. The topological polar surface area (TPSA) is 36.8 Å². The van der Waals surface area contributed by atoms with Crippen LogP contribution < -0.4 is 5.32 Å². The zero-order valence-electron chi connectivity index (χ0n) is 14.7. The van der Waals surface area contributed by atoms with E-state index in [1.165, 1.54) is 17.7 Å². The number of aliphatic imine (C=N–C) groups is 2. The number of hydrogen-bond acceptors (Lipinski definition) is 3. The second-order valence-electron chi connectivity index (χ2n) is 5.40. The number of allylic oxidation sites excluding steroid dienone is 2. The second kappa shape index (κ2) is 12.4. The minimum atomic E-state index is 0.614. The predicted octanol–water partition coefficient (Wildman–Crippen LogP) is 4.97. The van der Waals surface area contributed by atoms with Gasteiger partial charge in [-0.1, -0.05) is 26.3 Å². The molecule has 1 N–H and O–H groups in total. The van der Waals surface area contributed by atoms with Crippen LogP contribution in [-0.2, 0) is 0 Å². The Morgan fingerprint density at radius 1 is 1.19 bits per heavy atom. The van der Waals surface area contributed by atoms with Gasteiger partial charge in [0.25, 0.3) is 0 Å². The fourth-order valence-electron chi connectivity index (χ4n) is 2.63. The molecule has 0 aromatic heterocycles. The molecule has 2 atom stereocenters. The highest BCUT2D eigenvalue weighted by molar-refractivity contribution is 5.58. The Balaban J connectivity index is 4.50. The molecule has 0 fully saturated rings. The van der Waals surface area contributed by atoms with Crippen LogP contribution in [0.25, 0.3) is 0 Å². The van der Waals surface area contributed by atoms with Gasteiger partial charge in [-0.2, -0.15) is 0 Å². The van der Waals surface area contributed by atoms with Crippen LogP contribution in [0.5, 0.6) is 0 Å². The molecule has 0 aromatic carbocycles. The van der Waals surface area contributed by atoms with Crippen molar-refractivity contribution in [3.63, 3.8) is 0 Å². The molecule has 0 spiro atoms. The van der Waals surface area contributed by atoms with Crippen LogP contribution in [-0.4, -0.2) is 19.5 Å². The Hall–Kier alpha value is -1.38. The maximum Gasteiger partial charge on any atom is 0.0446 e. The summed E-state index contributed by atoms with van der Waals surface area (Å²) >= 11 is 0. The molecule has 0 saturated heterocycles. The van der Waals surface area contributed by atoms with Crippen molar-refractivity contribution in [2.75, 3.05) is 7.05 Å². The van der Waals surface area contributed by atoms with Gasteiger partial charge in [0.2, 0.25) is 0 Å². The molecule has 0 unspecified atom stereocenters. The van der Waals surface area contributed by atoms with Crippen LogP contribution >= 0.6 is 0 Å². The van der Waals surface area contributed by atoms with Crippen LogP contribution in [0.1, 0.15) is 60.3 Å². The summed E-state index contributed by atoms with van der Waals surface area (Å²) in [5.74, 6) is 1.27. The van der Waals surface area contributed by atoms with Gasteiger partial charge in [-0.25, -0.2) is 0 Å². The minimum absolute atomic E-state index is 0.614. The zero-order valence-corrected chi connectivity index (χ0v) is 14.7. The van der Waals surface area contributed by atoms with Gasteiger partial charge in [-0.05, 0) is 45.4 Å². The summed E-state index contributed by atoms with van der Waals surface area (Å²) in [6, 6.07) is 0. The molecule has 3 nitrogen and oxygen atoms in total. The molecular weight excluding hydrogens is 258 g/mol. The molecule has 0 amide bonds. The summed E-state index contributed by atoms with van der Waals surface area (Å²) in [6.45, 7) is 11.0. The molecule has 3 heteroatoms. The van der Waals surface area contributed by atoms with Crippen LogP contribution in [0.4, 0.5) is 0 Å². The van der Waals surface area contributed by atoms with E-state index in [0.717, 1.165) is 19.3 Å². The van der Waals surface area contributed by atoms with E-state index >= 15 is 0 Å². The number of nitrogens with zero attached hydrogens (tertiary/aromatic N) is 2. The molecule has 21 heavy (non-hydrogen) atoms. The summed E-state index contributed by atoms with van der Waals surface area (Å²) in [7, 11) is 2.05. The van der Waals surface area contributed by atoms with Crippen molar-refractivity contribution >= 4 is 12.4 Å². The lowest BCUT2D eigenvalue weighted by Gasteiger charge is -2.27. The van der Waals surface area contributed by atoms with Crippen molar-refractivity contribution in [1.29, 1.82) is 0 Å². The molecule has 0 aliphatic carbocycles. The van der Waals surface area contributed by atoms with Gasteiger partial charge in [0, 0.05) is 43.5 Å². The lowest BCUT2D eigenvalue weighted by molar-refractivity contribution is 0.364. The third kappa shape index (κ3) is 7.84. The molecule has 0 rings (SSSR count). The van der Waals surface area contributed by atoms with E-state index in [2.05, 4.69) is 43.0 Å². The third-order valence-corrected chi connectivity index (χ3v) is 4.00. The van der Waals surface area contributed by atoms with Crippen molar-refractivity contribution < 1.29 is 0 Å². The first kappa shape index (κ1) is 19.6. The van der Waals surface area contributed by atoms with E-state index in [0.29, 0.717) is 11.8 Å². The molecule has 0 aromatic rings. The molecule has 0 aliphatic heterocycles. The summed E-state index contributed by atoms with van der Waals surface area (Å²) in [5.41, 5.74) is 2.91. The van der Waals surface area contributed by atoms with Crippen LogP contribution in [0.3, 0.4) is 0 Å². The monoisotopic (exact) mass is 291 g/mol. The molecule has 0 radical (unpaired) electrons. The van der Waals surface area contributed by atoms with E-state index in [9.17, 15) is 0 Å². The largest absolute Gasteiger partial charge is 0.391 e. The molecule has 0 saturated carbocycles. The summed E-state index contributed by atoms with van der Waals surface area (Å²) < 4.78 is 0. The lowest BCUT2D eigenvalue weighted by Crippen LogP contribution is -2.23. The fourth-order valence-corrected chi connectivity index (χ4v) is 2.63. The predicted molar refractivity (Wildman–Crippen MR) is 96.0 cm³/mol. The Kier molecular flexibility index (Phi) is 11.6. The van der Waals surface area contributed by atoms with Crippen LogP contribution in [0, 0.1) is 11.8 Å². The van der Waals surface area contributed by atoms with E-state index in [1.807, 2.05) is 20.2 Å². The normalized spacial score (nSPS) is 16.7. The smallest absolute Gasteiger partial charge is 0.0446 e. The summed E-state index contributed by atoms with van der Waals surface area (Å²) in [6.07, 6.45) is 11.7. The Bertz CT molecular complexity index is 378. The van der Waals surface area contributed by atoms with Gasteiger partial charge in [0.1, 0.15) is 0 Å². The molecule has 120 valence electrons. The van der Waals surface area contributed by atoms with Crippen LogP contribution in [0.2, 0.25) is 0 Å².